The van der Waals surface area contributed by atoms with Gasteiger partial charge in [0.15, 0.2) is 5.82 Å². The number of fused-ring (bicyclic) bond motifs is 1. The maximum Gasteiger partial charge on any atom is 0.181 e. The number of benzene rings is 1. The first-order chi connectivity index (χ1) is 7.84. The summed E-state index contributed by atoms with van der Waals surface area (Å²) in [6, 6.07) is 6.27. The molecule has 1 aromatic heterocycles. The van der Waals surface area contributed by atoms with E-state index in [1.165, 1.54) is 17.7 Å². The van der Waals surface area contributed by atoms with Gasteiger partial charge in [-0.15, -0.1) is 0 Å². The van der Waals surface area contributed by atoms with E-state index in [0.29, 0.717) is 0 Å². The Bertz CT molecular complexity index is 515. The van der Waals surface area contributed by atoms with Crippen LogP contribution >= 0.6 is 0 Å². The van der Waals surface area contributed by atoms with Crippen molar-refractivity contribution >= 4 is 5.69 Å². The van der Waals surface area contributed by atoms with E-state index in [9.17, 15) is 0 Å². The zero-order valence-electron chi connectivity index (χ0n) is 9.25. The van der Waals surface area contributed by atoms with Crippen LogP contribution < -0.4 is 5.32 Å². The molecule has 1 aliphatic rings. The highest BCUT2D eigenvalue weighted by molar-refractivity contribution is 5.70. The van der Waals surface area contributed by atoms with Crippen LogP contribution in [0.15, 0.2) is 18.2 Å². The van der Waals surface area contributed by atoms with Gasteiger partial charge in [-0.05, 0) is 31.4 Å². The van der Waals surface area contributed by atoms with Crippen LogP contribution in [-0.2, 0) is 6.42 Å². The van der Waals surface area contributed by atoms with Crippen LogP contribution in [0, 0.1) is 6.92 Å². The van der Waals surface area contributed by atoms with E-state index >= 15 is 0 Å². The molecule has 4 nitrogen and oxygen atoms in total. The molecule has 82 valence electrons. The molecule has 0 saturated heterocycles. The molecule has 0 saturated carbocycles. The van der Waals surface area contributed by atoms with Crippen LogP contribution in [0.3, 0.4) is 0 Å². The molecule has 0 atom stereocenters. The highest BCUT2D eigenvalue weighted by atomic mass is 15.2. The monoisotopic (exact) mass is 214 g/mol. The van der Waals surface area contributed by atoms with E-state index in [-0.39, 0.29) is 0 Å². The summed E-state index contributed by atoms with van der Waals surface area (Å²) < 4.78 is 0. The molecule has 1 aromatic carbocycles. The van der Waals surface area contributed by atoms with Gasteiger partial charge in [0.2, 0.25) is 0 Å². The van der Waals surface area contributed by atoms with Crippen molar-refractivity contribution in [3.63, 3.8) is 0 Å². The third kappa shape index (κ3) is 1.46. The van der Waals surface area contributed by atoms with Crippen molar-refractivity contribution in [3.8, 4) is 11.4 Å². The highest BCUT2D eigenvalue weighted by Gasteiger charge is 2.15. The summed E-state index contributed by atoms with van der Waals surface area (Å²) in [6.45, 7) is 2.98. The molecule has 0 unspecified atom stereocenters. The van der Waals surface area contributed by atoms with Crippen LogP contribution in [0.25, 0.3) is 11.4 Å². The van der Waals surface area contributed by atoms with E-state index in [1.54, 1.807) is 0 Å². The molecule has 0 radical (unpaired) electrons. The first-order valence-electron chi connectivity index (χ1n) is 5.60. The van der Waals surface area contributed by atoms with Crippen LogP contribution in [0.1, 0.15) is 17.8 Å². The van der Waals surface area contributed by atoms with Crippen LogP contribution in [-0.4, -0.2) is 21.7 Å². The largest absolute Gasteiger partial charge is 0.385 e. The number of aryl methyl sites for hydroxylation is 1. The SMILES string of the molecule is Cc1nc(-c2cccc3c2CCCN3)n[nH]1. The number of nitrogens with one attached hydrogen (secondary N) is 2. The van der Waals surface area contributed by atoms with Gasteiger partial charge in [0, 0.05) is 17.8 Å². The molecule has 3 rings (SSSR count). The van der Waals surface area contributed by atoms with Crippen molar-refractivity contribution < 1.29 is 0 Å². The number of anilines is 1. The fourth-order valence-corrected chi connectivity index (χ4v) is 2.18. The van der Waals surface area contributed by atoms with Crippen molar-refractivity contribution in [1.29, 1.82) is 0 Å². The van der Waals surface area contributed by atoms with Gasteiger partial charge < -0.3 is 5.32 Å². The number of rotatable bonds is 1. The van der Waals surface area contributed by atoms with Gasteiger partial charge in [-0.25, -0.2) is 4.98 Å². The van der Waals surface area contributed by atoms with Gasteiger partial charge in [0.1, 0.15) is 5.82 Å². The average molecular weight is 214 g/mol. The summed E-state index contributed by atoms with van der Waals surface area (Å²) >= 11 is 0. The molecule has 16 heavy (non-hydrogen) atoms. The second-order valence-electron chi connectivity index (χ2n) is 4.11. The molecule has 2 aromatic rings. The number of hydrogen-bond donors (Lipinski definition) is 2. The fourth-order valence-electron chi connectivity index (χ4n) is 2.18. The molecule has 0 spiro atoms. The fraction of sp³-hybridized carbons (Fsp3) is 0.333. The lowest BCUT2D eigenvalue weighted by molar-refractivity contribution is 0.830. The Kier molecular flexibility index (Phi) is 2.13. The van der Waals surface area contributed by atoms with E-state index in [0.717, 1.165) is 30.2 Å². The van der Waals surface area contributed by atoms with Gasteiger partial charge in [-0.1, -0.05) is 12.1 Å². The van der Waals surface area contributed by atoms with Crippen LogP contribution in [0.2, 0.25) is 0 Å². The minimum absolute atomic E-state index is 0.804. The minimum atomic E-state index is 0.804. The predicted octanol–water partition coefficient (Wildman–Crippen LogP) is 2.14. The summed E-state index contributed by atoms with van der Waals surface area (Å²) in [4.78, 5) is 4.39. The Morgan fingerprint density at radius 1 is 1.31 bits per heavy atom. The average Bonchev–Trinajstić information content (AvgIpc) is 2.75. The molecule has 0 bridgehead atoms. The van der Waals surface area contributed by atoms with Gasteiger partial charge >= 0.3 is 0 Å². The standard InChI is InChI=1S/C12H14N4/c1-8-14-12(16-15-8)10-4-2-6-11-9(10)5-3-7-13-11/h2,4,6,13H,3,5,7H2,1H3,(H,14,15,16). The molecular weight excluding hydrogens is 200 g/mol. The third-order valence-electron chi connectivity index (χ3n) is 2.93. The van der Waals surface area contributed by atoms with Gasteiger partial charge in [0.05, 0.1) is 0 Å². The number of nitrogens with zero attached hydrogens (tertiary/aromatic N) is 2. The lowest BCUT2D eigenvalue weighted by Gasteiger charge is -2.19. The molecule has 0 amide bonds. The maximum atomic E-state index is 4.39. The molecule has 2 heterocycles. The summed E-state index contributed by atoms with van der Waals surface area (Å²) in [5, 5.41) is 10.5. The first-order valence-corrected chi connectivity index (χ1v) is 5.60. The molecular formula is C12H14N4. The topological polar surface area (TPSA) is 53.6 Å². The summed E-state index contributed by atoms with van der Waals surface area (Å²) in [7, 11) is 0. The molecule has 0 fully saturated rings. The van der Waals surface area contributed by atoms with E-state index in [1.807, 2.05) is 6.92 Å². The Morgan fingerprint density at radius 2 is 2.25 bits per heavy atom. The first kappa shape index (κ1) is 9.39. The van der Waals surface area contributed by atoms with Crippen molar-refractivity contribution in [3.05, 3.63) is 29.6 Å². The Hall–Kier alpha value is -1.84. The van der Waals surface area contributed by atoms with E-state index in [4.69, 9.17) is 0 Å². The van der Waals surface area contributed by atoms with Gasteiger partial charge in [-0.2, -0.15) is 5.10 Å². The lowest BCUT2D eigenvalue weighted by Crippen LogP contribution is -2.12. The zero-order chi connectivity index (χ0) is 11.0. The van der Waals surface area contributed by atoms with Gasteiger partial charge in [0.25, 0.3) is 0 Å². The third-order valence-corrected chi connectivity index (χ3v) is 2.93. The van der Waals surface area contributed by atoms with E-state index < -0.39 is 0 Å². The van der Waals surface area contributed by atoms with E-state index in [2.05, 4.69) is 38.7 Å². The second kappa shape index (κ2) is 3.63. The number of hydrogen-bond acceptors (Lipinski definition) is 3. The second-order valence-corrected chi connectivity index (χ2v) is 4.11. The van der Waals surface area contributed by atoms with Crippen molar-refractivity contribution in [2.75, 3.05) is 11.9 Å². The molecule has 1 aliphatic heterocycles. The number of H-pyrrole nitrogens is 1. The summed E-state index contributed by atoms with van der Waals surface area (Å²) in [6.07, 6.45) is 2.28. The van der Waals surface area contributed by atoms with Crippen LogP contribution in [0.4, 0.5) is 5.69 Å². The minimum Gasteiger partial charge on any atom is -0.385 e. The van der Waals surface area contributed by atoms with Crippen molar-refractivity contribution in [2.45, 2.75) is 19.8 Å². The summed E-state index contributed by atoms with van der Waals surface area (Å²) in [5.74, 6) is 1.66. The van der Waals surface area contributed by atoms with Crippen molar-refractivity contribution in [2.24, 2.45) is 0 Å². The summed E-state index contributed by atoms with van der Waals surface area (Å²) in [5.41, 5.74) is 3.72. The Morgan fingerprint density at radius 3 is 3.06 bits per heavy atom. The Balaban J connectivity index is 2.13. The normalized spacial score (nSPS) is 14.3. The molecule has 4 heteroatoms. The van der Waals surface area contributed by atoms with Crippen LogP contribution in [0.5, 0.6) is 0 Å². The lowest BCUT2D eigenvalue weighted by atomic mass is 9.97. The highest BCUT2D eigenvalue weighted by Crippen LogP contribution is 2.30. The number of aromatic nitrogens is 3. The number of aromatic amines is 1. The Labute approximate surface area is 94.1 Å². The van der Waals surface area contributed by atoms with Crippen molar-refractivity contribution in [1.82, 2.24) is 15.2 Å². The maximum absolute atomic E-state index is 4.39. The predicted molar refractivity (Wildman–Crippen MR) is 63.4 cm³/mol. The van der Waals surface area contributed by atoms with Gasteiger partial charge in [-0.3, -0.25) is 5.10 Å². The quantitative estimate of drug-likeness (QED) is 0.764. The molecule has 0 aliphatic carbocycles. The smallest absolute Gasteiger partial charge is 0.181 e. The zero-order valence-corrected chi connectivity index (χ0v) is 9.25. The molecule has 2 N–H and O–H groups in total.